The van der Waals surface area contributed by atoms with Crippen LogP contribution in [0, 0.1) is 11.3 Å². The van der Waals surface area contributed by atoms with Gasteiger partial charge in [0.15, 0.2) is 0 Å². The van der Waals surface area contributed by atoms with Crippen molar-refractivity contribution in [2.24, 2.45) is 0 Å². The molecule has 0 radical (unpaired) electrons. The number of nitrogens with one attached hydrogen (secondary N) is 1. The molecule has 1 rings (SSSR count). The number of carbonyl (C=O) groups is 3. The van der Waals surface area contributed by atoms with Crippen LogP contribution in [0.4, 0.5) is 10.5 Å². The van der Waals surface area contributed by atoms with Crippen LogP contribution in [0.3, 0.4) is 0 Å². The van der Waals surface area contributed by atoms with E-state index in [2.05, 4.69) is 14.8 Å². The molecular weight excluding hydrogens is 302 g/mol. The summed E-state index contributed by atoms with van der Waals surface area (Å²) in [7, 11) is 3.94. The maximum absolute atomic E-state index is 12.0. The second-order valence-electron chi connectivity index (χ2n) is 4.54. The average Bonchev–Trinajstić information content (AvgIpc) is 2.57. The van der Waals surface area contributed by atoms with Crippen LogP contribution >= 0.6 is 0 Å². The van der Waals surface area contributed by atoms with Gasteiger partial charge in [-0.1, -0.05) is 0 Å². The number of carbonyl (C=O) groups excluding carboxylic acids is 3. The second-order valence-corrected chi connectivity index (χ2v) is 4.54. The molecule has 0 aromatic heterocycles. The highest BCUT2D eigenvalue weighted by atomic mass is 16.5. The van der Waals surface area contributed by atoms with Gasteiger partial charge in [-0.25, -0.2) is 14.4 Å². The summed E-state index contributed by atoms with van der Waals surface area (Å²) in [5.74, 6) is -1.30. The van der Waals surface area contributed by atoms with Crippen LogP contribution in [0.2, 0.25) is 0 Å². The highest BCUT2D eigenvalue weighted by Gasteiger charge is 2.16. The van der Waals surface area contributed by atoms with E-state index < -0.39 is 18.0 Å². The summed E-state index contributed by atoms with van der Waals surface area (Å²) < 4.78 is 9.23. The van der Waals surface area contributed by atoms with E-state index in [4.69, 9.17) is 5.26 Å². The van der Waals surface area contributed by atoms with Crippen molar-refractivity contribution >= 4 is 23.7 Å². The number of rotatable bonds is 5. The minimum atomic E-state index is -0.649. The Balaban J connectivity index is 3.05. The number of nitrogens with zero attached hydrogens (tertiary/aromatic N) is 2. The van der Waals surface area contributed by atoms with Crippen LogP contribution in [0.25, 0.3) is 0 Å². The van der Waals surface area contributed by atoms with Crippen LogP contribution in [0.15, 0.2) is 18.2 Å². The largest absolute Gasteiger partial charge is 0.465 e. The first-order chi connectivity index (χ1) is 10.9. The third kappa shape index (κ3) is 5.00. The maximum atomic E-state index is 12.0. The molecular formula is C15H17N3O5. The van der Waals surface area contributed by atoms with Crippen molar-refractivity contribution in [2.45, 2.75) is 6.42 Å². The van der Waals surface area contributed by atoms with E-state index in [0.717, 1.165) is 0 Å². The number of anilines is 1. The normalized spacial score (nSPS) is 9.48. The van der Waals surface area contributed by atoms with Gasteiger partial charge in [-0.15, -0.1) is 0 Å². The number of hydrogen-bond donors (Lipinski definition) is 1. The number of methoxy groups -OCH3 is 2. The number of hydrogen-bond acceptors (Lipinski definition) is 6. The lowest BCUT2D eigenvalue weighted by atomic mass is 10.1. The van der Waals surface area contributed by atoms with E-state index in [1.54, 1.807) is 0 Å². The Hall–Kier alpha value is -3.08. The fraction of sp³-hybridized carbons (Fsp3) is 0.333. The van der Waals surface area contributed by atoms with Crippen molar-refractivity contribution in [3.05, 3.63) is 29.3 Å². The molecule has 2 amide bonds. The molecule has 0 aliphatic rings. The molecule has 1 N–H and O–H groups in total. The Morgan fingerprint density at radius 2 is 1.65 bits per heavy atom. The van der Waals surface area contributed by atoms with Crippen molar-refractivity contribution in [3.63, 3.8) is 0 Å². The zero-order valence-corrected chi connectivity index (χ0v) is 13.1. The number of ether oxygens (including phenoxy) is 2. The quantitative estimate of drug-likeness (QED) is 0.826. The van der Waals surface area contributed by atoms with Crippen molar-refractivity contribution < 1.29 is 23.9 Å². The molecule has 122 valence electrons. The molecule has 0 atom stereocenters. The zero-order valence-electron chi connectivity index (χ0n) is 13.1. The van der Waals surface area contributed by atoms with Gasteiger partial charge in [0, 0.05) is 19.3 Å². The number of nitriles is 1. The molecule has 0 aliphatic carbocycles. The van der Waals surface area contributed by atoms with Gasteiger partial charge in [0.05, 0.1) is 37.8 Å². The highest BCUT2D eigenvalue weighted by molar-refractivity contribution is 5.99. The van der Waals surface area contributed by atoms with Gasteiger partial charge >= 0.3 is 18.0 Å². The molecule has 1 aromatic rings. The SMILES string of the molecule is COC(=O)c1cc(NC(=O)N(C)CCC#N)cc(C(=O)OC)c1. The molecule has 0 heterocycles. The molecule has 0 aliphatic heterocycles. The average molecular weight is 319 g/mol. The van der Waals surface area contributed by atoms with Crippen molar-refractivity contribution in [2.75, 3.05) is 33.1 Å². The van der Waals surface area contributed by atoms with Crippen LogP contribution in [0.5, 0.6) is 0 Å². The van der Waals surface area contributed by atoms with Gasteiger partial charge in [0.2, 0.25) is 0 Å². The van der Waals surface area contributed by atoms with E-state index in [9.17, 15) is 14.4 Å². The molecule has 1 aromatic carbocycles. The van der Waals surface area contributed by atoms with Crippen LogP contribution in [0.1, 0.15) is 27.1 Å². The summed E-state index contributed by atoms with van der Waals surface area (Å²) in [5.41, 5.74) is 0.442. The molecule has 0 bridgehead atoms. The summed E-state index contributed by atoms with van der Waals surface area (Å²) in [6.07, 6.45) is 0.194. The lowest BCUT2D eigenvalue weighted by Gasteiger charge is -2.17. The first-order valence-electron chi connectivity index (χ1n) is 6.63. The van der Waals surface area contributed by atoms with Crippen LogP contribution in [-0.4, -0.2) is 50.7 Å². The molecule has 0 unspecified atom stereocenters. The maximum Gasteiger partial charge on any atom is 0.337 e. The van der Waals surface area contributed by atoms with Gasteiger partial charge < -0.3 is 19.7 Å². The van der Waals surface area contributed by atoms with Gasteiger partial charge in [-0.2, -0.15) is 5.26 Å². The van der Waals surface area contributed by atoms with Gasteiger partial charge in [0.1, 0.15) is 0 Å². The monoisotopic (exact) mass is 319 g/mol. The van der Waals surface area contributed by atoms with Gasteiger partial charge in [-0.05, 0) is 18.2 Å². The minimum Gasteiger partial charge on any atom is -0.465 e. The Bertz CT molecular complexity index is 617. The zero-order chi connectivity index (χ0) is 17.4. The number of benzene rings is 1. The fourth-order valence-corrected chi connectivity index (χ4v) is 1.71. The van der Waals surface area contributed by atoms with Crippen LogP contribution in [-0.2, 0) is 9.47 Å². The van der Waals surface area contributed by atoms with E-state index in [1.807, 2.05) is 6.07 Å². The summed E-state index contributed by atoms with van der Waals surface area (Å²) in [6.45, 7) is 0.253. The first kappa shape index (κ1) is 18.0. The second kappa shape index (κ2) is 8.38. The van der Waals surface area contributed by atoms with E-state index >= 15 is 0 Å². The first-order valence-corrected chi connectivity index (χ1v) is 6.63. The van der Waals surface area contributed by atoms with Crippen molar-refractivity contribution in [3.8, 4) is 6.07 Å². The Labute approximate surface area is 133 Å². The van der Waals surface area contributed by atoms with Gasteiger partial charge in [-0.3, -0.25) is 0 Å². The third-order valence-electron chi connectivity index (χ3n) is 2.93. The summed E-state index contributed by atoms with van der Waals surface area (Å²) in [5, 5.41) is 11.1. The number of amides is 2. The molecule has 0 fully saturated rings. The summed E-state index contributed by atoms with van der Waals surface area (Å²) >= 11 is 0. The lowest BCUT2D eigenvalue weighted by molar-refractivity contribution is 0.0599. The molecule has 0 saturated heterocycles. The fourth-order valence-electron chi connectivity index (χ4n) is 1.71. The number of urea groups is 1. The minimum absolute atomic E-state index is 0.102. The predicted molar refractivity (Wildman–Crippen MR) is 81.0 cm³/mol. The molecule has 0 saturated carbocycles. The molecule has 0 spiro atoms. The summed E-state index contributed by atoms with van der Waals surface area (Å²) in [6, 6.07) is 5.54. The smallest absolute Gasteiger partial charge is 0.337 e. The van der Waals surface area contributed by atoms with E-state index in [0.29, 0.717) is 0 Å². The standard InChI is InChI=1S/C15H17N3O5/c1-18(6-4-5-16)15(21)17-12-8-10(13(19)22-2)7-11(9-12)14(20)23-3/h7-9H,4,6H2,1-3H3,(H,17,21). The molecule has 23 heavy (non-hydrogen) atoms. The molecule has 8 nitrogen and oxygen atoms in total. The topological polar surface area (TPSA) is 109 Å². The third-order valence-corrected chi connectivity index (χ3v) is 2.93. The Morgan fingerprint density at radius 1 is 1.13 bits per heavy atom. The lowest BCUT2D eigenvalue weighted by Crippen LogP contribution is -2.32. The van der Waals surface area contributed by atoms with E-state index in [1.165, 1.54) is 44.4 Å². The van der Waals surface area contributed by atoms with Crippen molar-refractivity contribution in [1.29, 1.82) is 5.26 Å². The molecule has 8 heteroatoms. The van der Waals surface area contributed by atoms with Crippen molar-refractivity contribution in [1.82, 2.24) is 4.90 Å². The number of esters is 2. The Morgan fingerprint density at radius 3 is 2.09 bits per heavy atom. The van der Waals surface area contributed by atoms with E-state index in [-0.39, 0.29) is 29.8 Å². The van der Waals surface area contributed by atoms with Gasteiger partial charge in [0.25, 0.3) is 0 Å². The summed E-state index contributed by atoms with van der Waals surface area (Å²) in [4.78, 5) is 36.6. The highest BCUT2D eigenvalue weighted by Crippen LogP contribution is 2.17. The predicted octanol–water partition coefficient (Wildman–Crippen LogP) is 1.64. The van der Waals surface area contributed by atoms with Crippen LogP contribution < -0.4 is 5.32 Å². The Kier molecular flexibility index (Phi) is 6.55.